The Morgan fingerprint density at radius 2 is 1.31 bits per heavy atom. The minimum atomic E-state index is -0.184. The summed E-state index contributed by atoms with van der Waals surface area (Å²) in [6.07, 6.45) is 1.99. The molecule has 5 heteroatoms. The predicted octanol–water partition coefficient (Wildman–Crippen LogP) is 4.13. The highest BCUT2D eigenvalue weighted by Gasteiger charge is 2.04. The zero-order valence-corrected chi connectivity index (χ0v) is 15.4. The van der Waals surface area contributed by atoms with E-state index in [2.05, 4.69) is 0 Å². The molecule has 26 heavy (non-hydrogen) atoms. The second-order valence-corrected chi connectivity index (χ2v) is 5.87. The maximum atomic E-state index is 11.8. The largest absolute Gasteiger partial charge is 0.497 e. The Morgan fingerprint density at radius 1 is 0.769 bits per heavy atom. The van der Waals surface area contributed by atoms with Crippen LogP contribution in [0.2, 0.25) is 0 Å². The molecule has 0 N–H and O–H groups in total. The van der Waals surface area contributed by atoms with Crippen molar-refractivity contribution in [2.75, 3.05) is 20.8 Å². The van der Waals surface area contributed by atoms with Gasteiger partial charge >= 0.3 is 5.97 Å². The van der Waals surface area contributed by atoms with Crippen LogP contribution < -0.4 is 9.47 Å². The number of ether oxygens (including phenoxy) is 4. The topological polar surface area (TPSA) is 54.0 Å². The summed E-state index contributed by atoms with van der Waals surface area (Å²) in [5.74, 6) is 1.44. The van der Waals surface area contributed by atoms with Gasteiger partial charge in [-0.1, -0.05) is 24.3 Å². The van der Waals surface area contributed by atoms with Crippen molar-refractivity contribution in [2.24, 2.45) is 0 Å². The van der Waals surface area contributed by atoms with E-state index < -0.39 is 0 Å². The van der Waals surface area contributed by atoms with Crippen LogP contribution in [0.3, 0.4) is 0 Å². The van der Waals surface area contributed by atoms with Gasteiger partial charge in [0.1, 0.15) is 18.1 Å². The van der Waals surface area contributed by atoms with Crippen LogP contribution in [0.1, 0.15) is 30.4 Å². The fourth-order valence-electron chi connectivity index (χ4n) is 2.34. The van der Waals surface area contributed by atoms with E-state index in [1.165, 1.54) is 0 Å². The molecule has 0 saturated carbocycles. The van der Waals surface area contributed by atoms with Gasteiger partial charge in [-0.15, -0.1) is 0 Å². The van der Waals surface area contributed by atoms with Crippen LogP contribution in [0, 0.1) is 0 Å². The number of rotatable bonds is 11. The molecule has 0 aromatic heterocycles. The molecule has 0 aliphatic heterocycles. The van der Waals surface area contributed by atoms with Gasteiger partial charge in [0.05, 0.1) is 20.8 Å². The summed E-state index contributed by atoms with van der Waals surface area (Å²) in [6, 6.07) is 15.3. The molecule has 0 saturated heterocycles. The fourth-order valence-corrected chi connectivity index (χ4v) is 2.34. The van der Waals surface area contributed by atoms with Crippen LogP contribution in [-0.2, 0) is 27.5 Å². The van der Waals surface area contributed by atoms with Crippen molar-refractivity contribution < 1.29 is 23.7 Å². The van der Waals surface area contributed by atoms with E-state index in [4.69, 9.17) is 18.9 Å². The van der Waals surface area contributed by atoms with Crippen LogP contribution >= 0.6 is 0 Å². The SMILES string of the molecule is COc1ccc(COCCCCC(=O)OCc2ccc(OC)cc2)cc1. The van der Waals surface area contributed by atoms with E-state index in [1.807, 2.05) is 48.5 Å². The Labute approximate surface area is 154 Å². The molecule has 0 aliphatic carbocycles. The Bertz CT molecular complexity index is 649. The standard InChI is InChI=1S/C21H26O5/c1-23-19-10-6-17(7-11-19)15-25-14-4-3-5-21(22)26-16-18-8-12-20(24-2)13-9-18/h6-13H,3-5,14-16H2,1-2H3. The summed E-state index contributed by atoms with van der Waals surface area (Å²) >= 11 is 0. The first-order valence-corrected chi connectivity index (χ1v) is 8.70. The minimum Gasteiger partial charge on any atom is -0.497 e. The molecule has 0 spiro atoms. The average Bonchev–Trinajstić information content (AvgIpc) is 2.69. The van der Waals surface area contributed by atoms with Crippen molar-refractivity contribution in [3.05, 3.63) is 59.7 Å². The van der Waals surface area contributed by atoms with Gasteiger partial charge in [0, 0.05) is 13.0 Å². The minimum absolute atomic E-state index is 0.184. The maximum Gasteiger partial charge on any atom is 0.306 e. The second-order valence-electron chi connectivity index (χ2n) is 5.87. The number of hydrogen-bond donors (Lipinski definition) is 0. The van der Waals surface area contributed by atoms with Crippen LogP contribution in [0.4, 0.5) is 0 Å². The van der Waals surface area contributed by atoms with Gasteiger partial charge < -0.3 is 18.9 Å². The van der Waals surface area contributed by atoms with Gasteiger partial charge in [0.15, 0.2) is 0 Å². The summed E-state index contributed by atoms with van der Waals surface area (Å²) < 4.78 is 21.1. The van der Waals surface area contributed by atoms with Gasteiger partial charge in [0.2, 0.25) is 0 Å². The molecule has 2 rings (SSSR count). The third kappa shape index (κ3) is 7.15. The molecule has 0 amide bonds. The molecule has 0 bridgehead atoms. The molecule has 0 unspecified atom stereocenters. The van der Waals surface area contributed by atoms with Crippen molar-refractivity contribution in [3.63, 3.8) is 0 Å². The lowest BCUT2D eigenvalue weighted by molar-refractivity contribution is -0.145. The third-order valence-electron chi connectivity index (χ3n) is 3.91. The Kier molecular flexibility index (Phi) is 8.49. The molecule has 0 heterocycles. The monoisotopic (exact) mass is 358 g/mol. The van der Waals surface area contributed by atoms with Crippen LogP contribution in [-0.4, -0.2) is 26.8 Å². The maximum absolute atomic E-state index is 11.8. The highest BCUT2D eigenvalue weighted by Crippen LogP contribution is 2.13. The quantitative estimate of drug-likeness (QED) is 0.446. The zero-order valence-electron chi connectivity index (χ0n) is 15.4. The van der Waals surface area contributed by atoms with E-state index >= 15 is 0 Å². The van der Waals surface area contributed by atoms with Gasteiger partial charge in [0.25, 0.3) is 0 Å². The summed E-state index contributed by atoms with van der Waals surface area (Å²) in [4.78, 5) is 11.8. The number of esters is 1. The molecule has 0 fully saturated rings. The molecule has 0 radical (unpaired) electrons. The first-order chi connectivity index (χ1) is 12.7. The normalized spacial score (nSPS) is 10.4. The molecule has 140 valence electrons. The molecular weight excluding hydrogens is 332 g/mol. The Morgan fingerprint density at radius 3 is 1.85 bits per heavy atom. The lowest BCUT2D eigenvalue weighted by atomic mass is 10.2. The van der Waals surface area contributed by atoms with Gasteiger partial charge in [-0.25, -0.2) is 0 Å². The van der Waals surface area contributed by atoms with E-state index in [0.717, 1.165) is 35.5 Å². The second kappa shape index (κ2) is 11.2. The van der Waals surface area contributed by atoms with Gasteiger partial charge in [-0.3, -0.25) is 4.79 Å². The number of carbonyl (C=O) groups is 1. The van der Waals surface area contributed by atoms with E-state index in [0.29, 0.717) is 19.6 Å². The van der Waals surface area contributed by atoms with Crippen molar-refractivity contribution in [3.8, 4) is 11.5 Å². The number of benzene rings is 2. The fraction of sp³-hybridized carbons (Fsp3) is 0.381. The first-order valence-electron chi connectivity index (χ1n) is 8.70. The van der Waals surface area contributed by atoms with Crippen molar-refractivity contribution in [1.29, 1.82) is 0 Å². The smallest absolute Gasteiger partial charge is 0.306 e. The summed E-state index contributed by atoms with van der Waals surface area (Å²) in [5, 5.41) is 0. The van der Waals surface area contributed by atoms with Gasteiger partial charge in [-0.2, -0.15) is 0 Å². The van der Waals surface area contributed by atoms with E-state index in [9.17, 15) is 4.79 Å². The predicted molar refractivity (Wildman–Crippen MR) is 99.3 cm³/mol. The third-order valence-corrected chi connectivity index (χ3v) is 3.91. The van der Waals surface area contributed by atoms with Crippen LogP contribution in [0.15, 0.2) is 48.5 Å². The van der Waals surface area contributed by atoms with Crippen LogP contribution in [0.5, 0.6) is 11.5 Å². The average molecular weight is 358 g/mol. The molecule has 0 atom stereocenters. The summed E-state index contributed by atoms with van der Waals surface area (Å²) in [5.41, 5.74) is 2.05. The van der Waals surface area contributed by atoms with E-state index in [-0.39, 0.29) is 12.6 Å². The highest BCUT2D eigenvalue weighted by atomic mass is 16.5. The first kappa shape index (κ1) is 19.8. The summed E-state index contributed by atoms with van der Waals surface area (Å²) in [6.45, 7) is 1.47. The van der Waals surface area contributed by atoms with Crippen LogP contribution in [0.25, 0.3) is 0 Å². The molecule has 2 aromatic rings. The lowest BCUT2D eigenvalue weighted by Gasteiger charge is -2.07. The highest BCUT2D eigenvalue weighted by molar-refractivity contribution is 5.69. The summed E-state index contributed by atoms with van der Waals surface area (Å²) in [7, 11) is 3.27. The Hall–Kier alpha value is -2.53. The van der Waals surface area contributed by atoms with Crippen molar-refractivity contribution in [2.45, 2.75) is 32.5 Å². The van der Waals surface area contributed by atoms with Crippen molar-refractivity contribution >= 4 is 5.97 Å². The molecular formula is C21H26O5. The Balaban J connectivity index is 1.52. The zero-order chi connectivity index (χ0) is 18.6. The number of carbonyl (C=O) groups excluding carboxylic acids is 1. The molecule has 5 nitrogen and oxygen atoms in total. The van der Waals surface area contributed by atoms with E-state index in [1.54, 1.807) is 14.2 Å². The molecule has 2 aromatic carbocycles. The number of unbranched alkanes of at least 4 members (excludes halogenated alkanes) is 1. The van der Waals surface area contributed by atoms with Crippen molar-refractivity contribution in [1.82, 2.24) is 0 Å². The number of hydrogen-bond acceptors (Lipinski definition) is 5. The molecule has 0 aliphatic rings. The lowest BCUT2D eigenvalue weighted by Crippen LogP contribution is -2.05. The van der Waals surface area contributed by atoms with Gasteiger partial charge in [-0.05, 0) is 48.2 Å². The number of methoxy groups -OCH3 is 2.